The lowest BCUT2D eigenvalue weighted by molar-refractivity contribution is 0.0946. The van der Waals surface area contributed by atoms with E-state index >= 15 is 0 Å². The largest absolute Gasteiger partial charge is 0.346 e. The molecule has 4 N–H and O–H groups in total. The molecule has 2 rings (SSSR count). The average Bonchev–Trinajstić information content (AvgIpc) is 2.82. The van der Waals surface area contributed by atoms with Crippen LogP contribution in [0, 0.1) is 0 Å². The standard InChI is InChI=1S/C10H10BrN5OS/c11-6-1-7(18-5-6)2-15-10(17)8-3-14-9(16-12)4-13-8/h1,3-5H,2,12H2,(H,14,16)(H,15,17). The number of thiophene rings is 1. The molecule has 0 saturated carbocycles. The highest BCUT2D eigenvalue weighted by atomic mass is 79.9. The molecule has 0 spiro atoms. The van der Waals surface area contributed by atoms with Crippen LogP contribution in [0.25, 0.3) is 0 Å². The minimum Gasteiger partial charge on any atom is -0.346 e. The lowest BCUT2D eigenvalue weighted by Gasteiger charge is -2.03. The molecule has 94 valence electrons. The normalized spacial score (nSPS) is 10.1. The van der Waals surface area contributed by atoms with Crippen LogP contribution in [0.15, 0.2) is 28.3 Å². The van der Waals surface area contributed by atoms with Gasteiger partial charge in [0.15, 0.2) is 5.82 Å². The summed E-state index contributed by atoms with van der Waals surface area (Å²) in [5, 5.41) is 4.72. The molecule has 2 aromatic heterocycles. The first-order chi connectivity index (χ1) is 8.69. The summed E-state index contributed by atoms with van der Waals surface area (Å²) in [6.07, 6.45) is 2.77. The average molecular weight is 328 g/mol. The number of aromatic nitrogens is 2. The Kier molecular flexibility index (Phi) is 4.24. The minimum absolute atomic E-state index is 0.254. The van der Waals surface area contributed by atoms with Crippen LogP contribution in [0.2, 0.25) is 0 Å². The van der Waals surface area contributed by atoms with E-state index in [1.807, 2.05) is 11.4 Å². The van der Waals surface area contributed by atoms with Crippen molar-refractivity contribution in [3.05, 3.63) is 38.9 Å². The first-order valence-electron chi connectivity index (χ1n) is 4.99. The minimum atomic E-state index is -0.268. The Morgan fingerprint density at radius 2 is 2.28 bits per heavy atom. The van der Waals surface area contributed by atoms with E-state index in [4.69, 9.17) is 5.84 Å². The lowest BCUT2D eigenvalue weighted by Crippen LogP contribution is -2.23. The SMILES string of the molecule is NNc1cnc(C(=O)NCc2cc(Br)cs2)cn1. The lowest BCUT2D eigenvalue weighted by atomic mass is 10.4. The van der Waals surface area contributed by atoms with Gasteiger partial charge in [-0.25, -0.2) is 15.8 Å². The highest BCUT2D eigenvalue weighted by Crippen LogP contribution is 2.19. The van der Waals surface area contributed by atoms with Gasteiger partial charge in [0.2, 0.25) is 0 Å². The predicted molar refractivity (Wildman–Crippen MR) is 73.0 cm³/mol. The highest BCUT2D eigenvalue weighted by molar-refractivity contribution is 9.10. The number of nitrogen functional groups attached to an aromatic ring is 1. The van der Waals surface area contributed by atoms with Crippen LogP contribution in [0.4, 0.5) is 5.82 Å². The number of hydrazine groups is 1. The van der Waals surface area contributed by atoms with Gasteiger partial charge in [-0.1, -0.05) is 0 Å². The molecule has 0 aliphatic rings. The molecule has 0 aromatic carbocycles. The van der Waals surface area contributed by atoms with Crippen molar-refractivity contribution < 1.29 is 4.79 Å². The van der Waals surface area contributed by atoms with E-state index in [1.54, 1.807) is 11.3 Å². The number of carbonyl (C=O) groups is 1. The fraction of sp³-hybridized carbons (Fsp3) is 0.100. The summed E-state index contributed by atoms with van der Waals surface area (Å²) in [5.74, 6) is 5.30. The summed E-state index contributed by atoms with van der Waals surface area (Å²) in [6, 6.07) is 1.96. The van der Waals surface area contributed by atoms with Crippen LogP contribution < -0.4 is 16.6 Å². The zero-order chi connectivity index (χ0) is 13.0. The third kappa shape index (κ3) is 3.25. The van der Waals surface area contributed by atoms with Gasteiger partial charge >= 0.3 is 0 Å². The summed E-state index contributed by atoms with van der Waals surface area (Å²) < 4.78 is 1.01. The van der Waals surface area contributed by atoms with E-state index in [9.17, 15) is 4.79 Å². The first-order valence-corrected chi connectivity index (χ1v) is 6.66. The van der Waals surface area contributed by atoms with Crippen molar-refractivity contribution in [3.63, 3.8) is 0 Å². The van der Waals surface area contributed by atoms with Gasteiger partial charge in [-0.05, 0) is 22.0 Å². The van der Waals surface area contributed by atoms with Crippen LogP contribution in [0.5, 0.6) is 0 Å². The Morgan fingerprint density at radius 3 is 2.83 bits per heavy atom. The molecule has 0 atom stereocenters. The van der Waals surface area contributed by atoms with E-state index in [-0.39, 0.29) is 11.6 Å². The van der Waals surface area contributed by atoms with Crippen molar-refractivity contribution in [1.82, 2.24) is 15.3 Å². The van der Waals surface area contributed by atoms with Gasteiger partial charge in [0, 0.05) is 14.7 Å². The van der Waals surface area contributed by atoms with Crippen LogP contribution in [-0.2, 0) is 6.54 Å². The molecule has 0 fully saturated rings. The van der Waals surface area contributed by atoms with Crippen LogP contribution in [-0.4, -0.2) is 15.9 Å². The Balaban J connectivity index is 1.94. The first kappa shape index (κ1) is 12.9. The van der Waals surface area contributed by atoms with Gasteiger partial charge in [0.05, 0.1) is 18.9 Å². The topological polar surface area (TPSA) is 92.9 Å². The van der Waals surface area contributed by atoms with E-state index in [2.05, 4.69) is 36.6 Å². The number of anilines is 1. The van der Waals surface area contributed by atoms with Crippen LogP contribution >= 0.6 is 27.3 Å². The maximum atomic E-state index is 11.8. The molecule has 6 nitrogen and oxygen atoms in total. The Labute approximate surface area is 116 Å². The molecular weight excluding hydrogens is 318 g/mol. The number of nitrogens with zero attached hydrogens (tertiary/aromatic N) is 2. The third-order valence-corrected chi connectivity index (χ3v) is 3.77. The van der Waals surface area contributed by atoms with Crippen molar-refractivity contribution in [2.24, 2.45) is 5.84 Å². The van der Waals surface area contributed by atoms with E-state index < -0.39 is 0 Å². The second kappa shape index (κ2) is 5.89. The summed E-state index contributed by atoms with van der Waals surface area (Å²) in [7, 11) is 0. The monoisotopic (exact) mass is 327 g/mol. The summed E-state index contributed by atoms with van der Waals surface area (Å²) in [5.41, 5.74) is 2.60. The molecule has 0 saturated heterocycles. The van der Waals surface area contributed by atoms with Crippen molar-refractivity contribution in [1.29, 1.82) is 0 Å². The molecule has 1 amide bonds. The van der Waals surface area contributed by atoms with Crippen LogP contribution in [0.1, 0.15) is 15.4 Å². The predicted octanol–water partition coefficient (Wildman–Crippen LogP) is 1.52. The number of nitrogens with one attached hydrogen (secondary N) is 2. The number of carbonyl (C=O) groups excluding carboxylic acids is 1. The number of hydrogen-bond acceptors (Lipinski definition) is 6. The molecule has 2 aromatic rings. The summed E-state index contributed by atoms with van der Waals surface area (Å²) in [6.45, 7) is 0.466. The van der Waals surface area contributed by atoms with Gasteiger partial charge in [-0.3, -0.25) is 4.79 Å². The van der Waals surface area contributed by atoms with Gasteiger partial charge in [0.1, 0.15) is 5.69 Å². The van der Waals surface area contributed by atoms with Crippen LogP contribution in [0.3, 0.4) is 0 Å². The van der Waals surface area contributed by atoms with E-state index in [1.165, 1.54) is 12.4 Å². The quantitative estimate of drug-likeness (QED) is 0.584. The maximum absolute atomic E-state index is 11.8. The molecule has 0 aliphatic carbocycles. The highest BCUT2D eigenvalue weighted by Gasteiger charge is 2.08. The van der Waals surface area contributed by atoms with Crippen molar-refractivity contribution in [3.8, 4) is 0 Å². The van der Waals surface area contributed by atoms with Crippen molar-refractivity contribution >= 4 is 39.0 Å². The van der Waals surface area contributed by atoms with Gasteiger partial charge in [-0.15, -0.1) is 11.3 Å². The number of hydrogen-bond donors (Lipinski definition) is 3. The summed E-state index contributed by atoms with van der Waals surface area (Å²) in [4.78, 5) is 20.7. The second-order valence-electron chi connectivity index (χ2n) is 3.35. The number of amides is 1. The molecule has 0 radical (unpaired) electrons. The second-order valence-corrected chi connectivity index (χ2v) is 5.26. The fourth-order valence-corrected chi connectivity index (χ4v) is 2.62. The smallest absolute Gasteiger partial charge is 0.271 e. The molecule has 18 heavy (non-hydrogen) atoms. The van der Waals surface area contributed by atoms with E-state index in [0.717, 1.165) is 9.35 Å². The molecule has 0 aliphatic heterocycles. The van der Waals surface area contributed by atoms with Gasteiger partial charge in [-0.2, -0.15) is 0 Å². The number of rotatable bonds is 4. The summed E-state index contributed by atoms with van der Waals surface area (Å²) >= 11 is 4.93. The fourth-order valence-electron chi connectivity index (χ4n) is 1.22. The zero-order valence-electron chi connectivity index (χ0n) is 9.18. The number of nitrogens with two attached hydrogens (primary N) is 1. The van der Waals surface area contributed by atoms with Crippen molar-refractivity contribution in [2.45, 2.75) is 6.54 Å². The molecule has 0 unspecified atom stereocenters. The Morgan fingerprint density at radius 1 is 1.44 bits per heavy atom. The maximum Gasteiger partial charge on any atom is 0.271 e. The Bertz CT molecular complexity index is 541. The molecular formula is C10H10BrN5OS. The zero-order valence-corrected chi connectivity index (χ0v) is 11.6. The van der Waals surface area contributed by atoms with Gasteiger partial charge in [0.25, 0.3) is 5.91 Å². The number of halogens is 1. The van der Waals surface area contributed by atoms with Crippen molar-refractivity contribution in [2.75, 3.05) is 5.43 Å². The van der Waals surface area contributed by atoms with Gasteiger partial charge < -0.3 is 10.7 Å². The molecule has 2 heterocycles. The molecule has 0 bridgehead atoms. The van der Waals surface area contributed by atoms with E-state index in [0.29, 0.717) is 12.4 Å². The Hall–Kier alpha value is -1.51. The third-order valence-electron chi connectivity index (χ3n) is 2.08. The molecule has 8 heteroatoms.